The first-order valence-corrected chi connectivity index (χ1v) is 7.68. The molecule has 110 valence electrons. The van der Waals surface area contributed by atoms with E-state index in [0.717, 1.165) is 12.3 Å². The maximum absolute atomic E-state index is 12.4. The van der Waals surface area contributed by atoms with E-state index < -0.39 is 21.1 Å². The number of alkyl halides is 3. The van der Waals surface area contributed by atoms with Crippen molar-refractivity contribution in [1.29, 1.82) is 0 Å². The van der Waals surface area contributed by atoms with Crippen LogP contribution in [0.25, 0.3) is 0 Å². The molecule has 2 rings (SSSR count). The first kappa shape index (κ1) is 15.0. The molecule has 0 saturated carbocycles. The van der Waals surface area contributed by atoms with Gasteiger partial charge in [-0.3, -0.25) is 9.78 Å². The molecule has 0 fully saturated rings. The van der Waals surface area contributed by atoms with Crippen molar-refractivity contribution >= 4 is 25.6 Å². The molecule has 0 saturated heterocycles. The van der Waals surface area contributed by atoms with Crippen LogP contribution in [-0.2, 0) is 26.8 Å². The lowest BCUT2D eigenvalue weighted by Crippen LogP contribution is -2.43. The Balaban J connectivity index is 2.32. The van der Waals surface area contributed by atoms with Gasteiger partial charge >= 0.3 is 12.1 Å². The number of halogens is 4. The van der Waals surface area contributed by atoms with Gasteiger partial charge in [-0.1, -0.05) is 0 Å². The maximum atomic E-state index is 12.4. The van der Waals surface area contributed by atoms with Crippen molar-refractivity contribution in [3.8, 4) is 0 Å². The maximum Gasteiger partial charge on any atom is 0.471 e. The third kappa shape index (κ3) is 3.04. The van der Waals surface area contributed by atoms with Crippen molar-refractivity contribution in [1.82, 2.24) is 9.88 Å². The minimum atomic E-state index is -4.96. The number of hydrogen-bond donors (Lipinski definition) is 0. The number of nitrogens with zero attached hydrogens (tertiary/aromatic N) is 2. The number of carbonyl (C=O) groups is 1. The normalized spacial score (nSPS) is 15.9. The van der Waals surface area contributed by atoms with E-state index >= 15 is 0 Å². The van der Waals surface area contributed by atoms with Crippen molar-refractivity contribution in [2.45, 2.75) is 24.0 Å². The van der Waals surface area contributed by atoms with Crippen LogP contribution >= 0.6 is 10.7 Å². The molecule has 1 aliphatic rings. The highest BCUT2D eigenvalue weighted by Gasteiger charge is 2.43. The van der Waals surface area contributed by atoms with E-state index in [2.05, 4.69) is 4.98 Å². The largest absolute Gasteiger partial charge is 0.471 e. The molecule has 0 bridgehead atoms. The van der Waals surface area contributed by atoms with Crippen LogP contribution in [0, 0.1) is 0 Å². The Hall–Kier alpha value is -1.35. The molecule has 10 heteroatoms. The number of rotatable bonds is 1. The van der Waals surface area contributed by atoms with E-state index in [1.165, 1.54) is 0 Å². The summed E-state index contributed by atoms with van der Waals surface area (Å²) in [7, 11) is 1.13. The molecule has 2 heterocycles. The smallest absolute Gasteiger partial charge is 0.330 e. The fourth-order valence-electron chi connectivity index (χ4n) is 1.89. The van der Waals surface area contributed by atoms with Gasteiger partial charge in [0.1, 0.15) is 4.90 Å². The number of carbonyl (C=O) groups excluding carboxylic acids is 1. The Labute approximate surface area is 116 Å². The highest BCUT2D eigenvalue weighted by Crippen LogP contribution is 2.26. The molecular formula is C10H8ClF3N2O3S. The van der Waals surface area contributed by atoms with Crippen molar-refractivity contribution < 1.29 is 26.4 Å². The van der Waals surface area contributed by atoms with Crippen LogP contribution in [-0.4, -0.2) is 36.9 Å². The van der Waals surface area contributed by atoms with E-state index in [4.69, 9.17) is 10.7 Å². The Morgan fingerprint density at radius 1 is 1.40 bits per heavy atom. The summed E-state index contributed by atoms with van der Waals surface area (Å²) in [5.74, 6) is -1.96. The van der Waals surface area contributed by atoms with Gasteiger partial charge in [0.15, 0.2) is 0 Å². The highest BCUT2D eigenvalue weighted by molar-refractivity contribution is 8.13. The monoisotopic (exact) mass is 328 g/mol. The Bertz CT molecular complexity index is 660. The van der Waals surface area contributed by atoms with E-state index in [1.54, 1.807) is 0 Å². The molecule has 5 nitrogen and oxygen atoms in total. The van der Waals surface area contributed by atoms with Crippen molar-refractivity contribution in [2.75, 3.05) is 6.54 Å². The van der Waals surface area contributed by atoms with E-state index in [-0.39, 0.29) is 30.0 Å². The summed E-state index contributed by atoms with van der Waals surface area (Å²) in [5.41, 5.74) is 0.705. The summed E-state index contributed by atoms with van der Waals surface area (Å²) in [6, 6.07) is 1.14. The average molecular weight is 329 g/mol. The first-order valence-electron chi connectivity index (χ1n) is 5.37. The Morgan fingerprint density at radius 2 is 2.05 bits per heavy atom. The Kier molecular flexibility index (Phi) is 3.67. The molecule has 0 aromatic carbocycles. The van der Waals surface area contributed by atoms with Crippen LogP contribution in [0.2, 0.25) is 0 Å². The molecule has 20 heavy (non-hydrogen) atoms. The zero-order valence-corrected chi connectivity index (χ0v) is 11.4. The summed E-state index contributed by atoms with van der Waals surface area (Å²) in [6.45, 7) is -0.466. The second-order valence-corrected chi connectivity index (χ2v) is 6.76. The molecule has 1 aromatic rings. The second-order valence-electron chi connectivity index (χ2n) is 4.19. The van der Waals surface area contributed by atoms with E-state index in [1.807, 2.05) is 0 Å². The van der Waals surface area contributed by atoms with Gasteiger partial charge in [-0.05, 0) is 11.6 Å². The van der Waals surface area contributed by atoms with Gasteiger partial charge in [0.05, 0.1) is 0 Å². The predicted octanol–water partition coefficient (Wildman–Crippen LogP) is 1.46. The molecular weight excluding hydrogens is 321 g/mol. The van der Waals surface area contributed by atoms with Crippen molar-refractivity contribution in [3.63, 3.8) is 0 Å². The van der Waals surface area contributed by atoms with Crippen LogP contribution in [0.5, 0.6) is 0 Å². The molecule has 1 amide bonds. The van der Waals surface area contributed by atoms with Gasteiger partial charge in [-0.15, -0.1) is 0 Å². The molecule has 0 N–H and O–H groups in total. The van der Waals surface area contributed by atoms with Gasteiger partial charge in [-0.25, -0.2) is 8.42 Å². The van der Waals surface area contributed by atoms with Gasteiger partial charge in [0.25, 0.3) is 9.05 Å². The molecule has 0 radical (unpaired) electrons. The number of fused-ring (bicyclic) bond motifs is 1. The number of pyridine rings is 1. The summed E-state index contributed by atoms with van der Waals surface area (Å²) >= 11 is 0. The van der Waals surface area contributed by atoms with Gasteiger partial charge in [0.2, 0.25) is 0 Å². The third-order valence-corrected chi connectivity index (χ3v) is 4.15. The van der Waals surface area contributed by atoms with Gasteiger partial charge in [0, 0.05) is 42.1 Å². The average Bonchev–Trinajstić information content (AvgIpc) is 2.34. The van der Waals surface area contributed by atoms with Crippen LogP contribution in [0.3, 0.4) is 0 Å². The second kappa shape index (κ2) is 4.88. The first-order chi connectivity index (χ1) is 9.09. The molecule has 1 aliphatic heterocycles. The SMILES string of the molecule is O=C(N1CCc2ncc(S(=O)(=O)Cl)cc2C1)C(F)(F)F. The number of aromatic nitrogens is 1. The zero-order valence-electron chi connectivity index (χ0n) is 9.82. The van der Waals surface area contributed by atoms with Crippen LogP contribution in [0.4, 0.5) is 13.2 Å². The molecule has 0 aliphatic carbocycles. The van der Waals surface area contributed by atoms with Crippen LogP contribution in [0.15, 0.2) is 17.2 Å². The van der Waals surface area contributed by atoms with E-state index in [0.29, 0.717) is 10.6 Å². The van der Waals surface area contributed by atoms with Gasteiger partial charge < -0.3 is 4.90 Å². The minimum Gasteiger partial charge on any atom is -0.330 e. The fraction of sp³-hybridized carbons (Fsp3) is 0.400. The Morgan fingerprint density at radius 3 is 2.60 bits per heavy atom. The quantitative estimate of drug-likeness (QED) is 0.732. The summed E-state index contributed by atoms with van der Waals surface area (Å²) in [4.78, 5) is 15.3. The van der Waals surface area contributed by atoms with E-state index in [9.17, 15) is 26.4 Å². The molecule has 0 atom stereocenters. The summed E-state index contributed by atoms with van der Waals surface area (Å²) < 4.78 is 59.4. The molecule has 1 aromatic heterocycles. The predicted molar refractivity (Wildman–Crippen MR) is 62.5 cm³/mol. The number of amides is 1. The summed E-state index contributed by atoms with van der Waals surface area (Å²) in [6.07, 6.45) is -3.79. The van der Waals surface area contributed by atoms with Gasteiger partial charge in [-0.2, -0.15) is 13.2 Å². The minimum absolute atomic E-state index is 0.120. The zero-order chi connectivity index (χ0) is 15.1. The lowest BCUT2D eigenvalue weighted by molar-refractivity contribution is -0.186. The van der Waals surface area contributed by atoms with Crippen molar-refractivity contribution in [3.05, 3.63) is 23.5 Å². The molecule has 0 spiro atoms. The fourth-order valence-corrected chi connectivity index (χ4v) is 2.61. The van der Waals surface area contributed by atoms with Crippen LogP contribution in [0.1, 0.15) is 11.3 Å². The lowest BCUT2D eigenvalue weighted by atomic mass is 10.1. The highest BCUT2D eigenvalue weighted by atomic mass is 35.7. The number of hydrogen-bond acceptors (Lipinski definition) is 4. The van der Waals surface area contributed by atoms with Crippen molar-refractivity contribution in [2.24, 2.45) is 0 Å². The standard InChI is InChI=1S/C10H8ClF3N2O3S/c11-20(18,19)7-3-6-5-16(9(17)10(12,13)14)2-1-8(6)15-4-7/h3-4H,1-2,5H2. The topological polar surface area (TPSA) is 67.3 Å². The lowest BCUT2D eigenvalue weighted by Gasteiger charge is -2.28. The van der Waals surface area contributed by atoms with Crippen LogP contribution < -0.4 is 0 Å². The summed E-state index contributed by atoms with van der Waals surface area (Å²) in [5, 5.41) is 0. The third-order valence-electron chi connectivity index (χ3n) is 2.83. The molecule has 0 unspecified atom stereocenters.